The Morgan fingerprint density at radius 3 is 2.68 bits per heavy atom. The highest BCUT2D eigenvalue weighted by molar-refractivity contribution is 9.10. The second-order valence-electron chi connectivity index (χ2n) is 5.81. The first-order chi connectivity index (χ1) is 9.26. The maximum absolute atomic E-state index is 3.91. The molecule has 1 aromatic carbocycles. The second kappa shape index (κ2) is 6.19. The van der Waals surface area contributed by atoms with Crippen LogP contribution in [0.15, 0.2) is 22.7 Å². The number of nitrogens with one attached hydrogen (secondary N) is 1. The van der Waals surface area contributed by atoms with Crippen molar-refractivity contribution < 1.29 is 0 Å². The summed E-state index contributed by atoms with van der Waals surface area (Å²) in [4.78, 5) is 0. The molecule has 0 aliphatic heterocycles. The standard InChI is InChI=1S/C16H22BrNS/c1-19-14-6-4-13(5-7-14)18-16-9-2-11-10-12(17)3-8-15(11)16/h3,8,10,13-14,16,18H,2,4-7,9H2,1H3. The van der Waals surface area contributed by atoms with Crippen LogP contribution in [0.2, 0.25) is 0 Å². The highest BCUT2D eigenvalue weighted by Crippen LogP contribution is 2.35. The summed E-state index contributed by atoms with van der Waals surface area (Å²) >= 11 is 5.62. The minimum atomic E-state index is 0.596. The van der Waals surface area contributed by atoms with E-state index >= 15 is 0 Å². The van der Waals surface area contributed by atoms with Crippen LogP contribution in [0.1, 0.15) is 49.3 Å². The molecule has 1 atom stereocenters. The summed E-state index contributed by atoms with van der Waals surface area (Å²) in [7, 11) is 0. The molecule has 3 rings (SSSR count). The van der Waals surface area contributed by atoms with E-state index in [0.29, 0.717) is 6.04 Å². The Labute approximate surface area is 129 Å². The third-order valence-corrected chi connectivity index (χ3v) is 6.26. The second-order valence-corrected chi connectivity index (χ2v) is 7.86. The highest BCUT2D eigenvalue weighted by Gasteiger charge is 2.27. The van der Waals surface area contributed by atoms with Crippen LogP contribution in [-0.4, -0.2) is 17.5 Å². The first-order valence-electron chi connectivity index (χ1n) is 7.33. The van der Waals surface area contributed by atoms with Gasteiger partial charge in [0.2, 0.25) is 0 Å². The van der Waals surface area contributed by atoms with Crippen LogP contribution in [0.4, 0.5) is 0 Å². The lowest BCUT2D eigenvalue weighted by atomic mass is 9.93. The molecule has 0 spiro atoms. The van der Waals surface area contributed by atoms with Crippen LogP contribution in [0, 0.1) is 0 Å². The largest absolute Gasteiger partial charge is 0.307 e. The Morgan fingerprint density at radius 2 is 1.95 bits per heavy atom. The predicted molar refractivity (Wildman–Crippen MR) is 87.9 cm³/mol. The van der Waals surface area contributed by atoms with Crippen LogP contribution >= 0.6 is 27.7 Å². The maximum Gasteiger partial charge on any atom is 0.0328 e. The molecular formula is C16H22BrNS. The summed E-state index contributed by atoms with van der Waals surface area (Å²) in [6.07, 6.45) is 10.2. The van der Waals surface area contributed by atoms with Gasteiger partial charge in [-0.3, -0.25) is 0 Å². The molecule has 104 valence electrons. The van der Waals surface area contributed by atoms with E-state index in [0.717, 1.165) is 11.3 Å². The van der Waals surface area contributed by atoms with Crippen molar-refractivity contribution in [3.05, 3.63) is 33.8 Å². The van der Waals surface area contributed by atoms with E-state index in [9.17, 15) is 0 Å². The third-order valence-electron chi connectivity index (χ3n) is 4.63. The van der Waals surface area contributed by atoms with Crippen molar-refractivity contribution in [3.63, 3.8) is 0 Å². The molecular weight excluding hydrogens is 318 g/mol. The van der Waals surface area contributed by atoms with E-state index in [1.807, 2.05) is 11.8 Å². The van der Waals surface area contributed by atoms with Crippen molar-refractivity contribution in [1.82, 2.24) is 5.32 Å². The molecule has 0 saturated heterocycles. The van der Waals surface area contributed by atoms with E-state index in [2.05, 4.69) is 45.7 Å². The molecule has 2 aliphatic rings. The van der Waals surface area contributed by atoms with Gasteiger partial charge in [-0.25, -0.2) is 0 Å². The first kappa shape index (κ1) is 14.0. The number of fused-ring (bicyclic) bond motifs is 1. The highest BCUT2D eigenvalue weighted by atomic mass is 79.9. The van der Waals surface area contributed by atoms with Gasteiger partial charge in [-0.05, 0) is 68.0 Å². The van der Waals surface area contributed by atoms with Crippen molar-refractivity contribution in [2.75, 3.05) is 6.26 Å². The molecule has 1 nitrogen and oxygen atoms in total. The lowest BCUT2D eigenvalue weighted by Crippen LogP contribution is -2.35. The van der Waals surface area contributed by atoms with Gasteiger partial charge in [-0.1, -0.05) is 22.0 Å². The fourth-order valence-electron chi connectivity index (χ4n) is 3.51. The number of hydrogen-bond donors (Lipinski definition) is 1. The Kier molecular flexibility index (Phi) is 4.55. The van der Waals surface area contributed by atoms with Gasteiger partial charge in [0.1, 0.15) is 0 Å². The molecule has 19 heavy (non-hydrogen) atoms. The number of aryl methyl sites for hydroxylation is 1. The Balaban J connectivity index is 1.61. The van der Waals surface area contributed by atoms with Gasteiger partial charge in [0.25, 0.3) is 0 Å². The first-order valence-corrected chi connectivity index (χ1v) is 9.41. The maximum atomic E-state index is 3.91. The molecule has 1 unspecified atom stereocenters. The zero-order chi connectivity index (χ0) is 13.2. The molecule has 0 bridgehead atoms. The topological polar surface area (TPSA) is 12.0 Å². The molecule has 0 amide bonds. The Morgan fingerprint density at radius 1 is 1.16 bits per heavy atom. The zero-order valence-electron chi connectivity index (χ0n) is 11.5. The van der Waals surface area contributed by atoms with Crippen LogP contribution in [0.5, 0.6) is 0 Å². The zero-order valence-corrected chi connectivity index (χ0v) is 13.9. The number of thioether (sulfide) groups is 1. The number of rotatable bonds is 3. The lowest BCUT2D eigenvalue weighted by molar-refractivity contribution is 0.342. The summed E-state index contributed by atoms with van der Waals surface area (Å²) in [5.74, 6) is 0. The fraction of sp³-hybridized carbons (Fsp3) is 0.625. The van der Waals surface area contributed by atoms with Crippen molar-refractivity contribution in [2.24, 2.45) is 0 Å². The summed E-state index contributed by atoms with van der Waals surface area (Å²) in [6, 6.07) is 8.12. The molecule has 0 aromatic heterocycles. The van der Waals surface area contributed by atoms with Gasteiger partial charge in [0, 0.05) is 21.8 Å². The van der Waals surface area contributed by atoms with Gasteiger partial charge < -0.3 is 5.32 Å². The number of hydrogen-bond acceptors (Lipinski definition) is 2. The summed E-state index contributed by atoms with van der Waals surface area (Å²) in [5, 5.41) is 4.82. The normalized spacial score (nSPS) is 30.3. The number of benzene rings is 1. The molecule has 1 saturated carbocycles. The van der Waals surface area contributed by atoms with Crippen molar-refractivity contribution in [2.45, 2.75) is 55.9 Å². The van der Waals surface area contributed by atoms with Gasteiger partial charge in [0.15, 0.2) is 0 Å². The molecule has 1 aromatic rings. The van der Waals surface area contributed by atoms with E-state index in [4.69, 9.17) is 0 Å². The smallest absolute Gasteiger partial charge is 0.0328 e. The van der Waals surface area contributed by atoms with Gasteiger partial charge >= 0.3 is 0 Å². The quantitative estimate of drug-likeness (QED) is 0.856. The van der Waals surface area contributed by atoms with Crippen LogP contribution in [0.3, 0.4) is 0 Å². The Hall–Kier alpha value is 0.01000. The predicted octanol–water partition coefficient (Wildman–Crippen LogP) is 4.70. The Bertz CT molecular complexity index is 440. The average molecular weight is 340 g/mol. The minimum absolute atomic E-state index is 0.596. The fourth-order valence-corrected chi connectivity index (χ4v) is 4.66. The summed E-state index contributed by atoms with van der Waals surface area (Å²) in [5.41, 5.74) is 3.07. The number of halogens is 1. The van der Waals surface area contributed by atoms with Crippen LogP contribution in [0.25, 0.3) is 0 Å². The molecule has 3 heteroatoms. The van der Waals surface area contributed by atoms with E-state index in [1.165, 1.54) is 54.1 Å². The summed E-state index contributed by atoms with van der Waals surface area (Å²) in [6.45, 7) is 0. The van der Waals surface area contributed by atoms with Crippen LogP contribution in [-0.2, 0) is 6.42 Å². The molecule has 1 N–H and O–H groups in total. The van der Waals surface area contributed by atoms with Gasteiger partial charge in [0.05, 0.1) is 0 Å². The van der Waals surface area contributed by atoms with Crippen molar-refractivity contribution in [1.29, 1.82) is 0 Å². The molecule has 0 radical (unpaired) electrons. The van der Waals surface area contributed by atoms with E-state index in [1.54, 1.807) is 0 Å². The van der Waals surface area contributed by atoms with E-state index < -0.39 is 0 Å². The lowest BCUT2D eigenvalue weighted by Gasteiger charge is -2.30. The average Bonchev–Trinajstić information content (AvgIpc) is 2.82. The minimum Gasteiger partial charge on any atom is -0.307 e. The molecule has 0 heterocycles. The van der Waals surface area contributed by atoms with Crippen molar-refractivity contribution >= 4 is 27.7 Å². The third kappa shape index (κ3) is 3.20. The summed E-state index contributed by atoms with van der Waals surface area (Å²) < 4.78 is 1.22. The SMILES string of the molecule is CSC1CCC(NC2CCc3cc(Br)ccc32)CC1. The molecule has 1 fully saturated rings. The van der Waals surface area contributed by atoms with Crippen molar-refractivity contribution in [3.8, 4) is 0 Å². The van der Waals surface area contributed by atoms with Crippen LogP contribution < -0.4 is 5.32 Å². The van der Waals surface area contributed by atoms with E-state index in [-0.39, 0.29) is 0 Å². The molecule has 2 aliphatic carbocycles. The monoisotopic (exact) mass is 339 g/mol. The van der Waals surface area contributed by atoms with Gasteiger partial charge in [-0.2, -0.15) is 11.8 Å². The van der Waals surface area contributed by atoms with Gasteiger partial charge in [-0.15, -0.1) is 0 Å².